The van der Waals surface area contributed by atoms with Gasteiger partial charge in [-0.05, 0) is 86.0 Å². The number of rotatable bonds is 7. The molecular formula is C53H36OS. The van der Waals surface area contributed by atoms with Crippen molar-refractivity contribution >= 4 is 11.3 Å². The highest BCUT2D eigenvalue weighted by Gasteiger charge is 2.45. The monoisotopic (exact) mass is 720 g/mol. The number of benzene rings is 8. The summed E-state index contributed by atoms with van der Waals surface area (Å²) in [6.07, 6.45) is 0. The van der Waals surface area contributed by atoms with Crippen molar-refractivity contribution in [2.75, 3.05) is 0 Å². The Bertz CT molecular complexity index is 2710. The normalized spacial score (nSPS) is 12.7. The Morgan fingerprint density at radius 3 is 1.45 bits per heavy atom. The van der Waals surface area contributed by atoms with Crippen LogP contribution >= 0.6 is 11.3 Å². The first-order valence-electron chi connectivity index (χ1n) is 18.7. The Labute approximate surface area is 326 Å². The van der Waals surface area contributed by atoms with E-state index in [0.29, 0.717) is 0 Å². The molecule has 0 spiro atoms. The van der Waals surface area contributed by atoms with Crippen LogP contribution in [0.4, 0.5) is 0 Å². The second-order valence-corrected chi connectivity index (χ2v) is 15.1. The third kappa shape index (κ3) is 5.79. The zero-order valence-electron chi connectivity index (χ0n) is 30.1. The molecule has 0 unspecified atom stereocenters. The Hall–Kier alpha value is -6.74. The highest BCUT2D eigenvalue weighted by molar-refractivity contribution is 7.18. The van der Waals surface area contributed by atoms with E-state index >= 15 is 0 Å². The molecule has 2 heterocycles. The SMILES string of the molecule is c1ccc(-c2ccc(-c3ccc(-c4ccc(-c5ccc6c(c5)Oc5ccccc5C6(c5ccccc5)c5ccccc5)s4)cc3)cc2-c2ccccc2)cc1. The van der Waals surface area contributed by atoms with E-state index in [0.717, 1.165) is 28.2 Å². The van der Waals surface area contributed by atoms with Gasteiger partial charge in [-0.1, -0.05) is 188 Å². The van der Waals surface area contributed by atoms with E-state index in [4.69, 9.17) is 4.74 Å². The molecule has 10 rings (SSSR count). The second kappa shape index (κ2) is 13.9. The minimum Gasteiger partial charge on any atom is -0.457 e. The molecule has 0 atom stereocenters. The number of hydrogen-bond donors (Lipinski definition) is 0. The Morgan fingerprint density at radius 2 is 0.800 bits per heavy atom. The van der Waals surface area contributed by atoms with Gasteiger partial charge in [-0.25, -0.2) is 0 Å². The summed E-state index contributed by atoms with van der Waals surface area (Å²) in [5.41, 5.74) is 13.9. The van der Waals surface area contributed by atoms with Gasteiger partial charge in [0.1, 0.15) is 11.5 Å². The number of fused-ring (bicyclic) bond motifs is 2. The maximum atomic E-state index is 6.76. The van der Waals surface area contributed by atoms with Gasteiger partial charge in [0, 0.05) is 20.9 Å². The molecule has 0 N–H and O–H groups in total. The van der Waals surface area contributed by atoms with E-state index in [1.807, 2.05) is 11.3 Å². The largest absolute Gasteiger partial charge is 0.457 e. The van der Waals surface area contributed by atoms with Crippen LogP contribution in [-0.2, 0) is 5.41 Å². The lowest BCUT2D eigenvalue weighted by Gasteiger charge is -2.41. The summed E-state index contributed by atoms with van der Waals surface area (Å²) in [6.45, 7) is 0. The summed E-state index contributed by atoms with van der Waals surface area (Å²) in [6, 6.07) is 78.6. The molecule has 0 saturated heterocycles. The third-order valence-corrected chi connectivity index (χ3v) is 12.1. The first kappa shape index (κ1) is 32.9. The molecule has 0 fully saturated rings. The molecule has 9 aromatic rings. The summed E-state index contributed by atoms with van der Waals surface area (Å²) >= 11 is 1.81. The van der Waals surface area contributed by atoms with Crippen molar-refractivity contribution < 1.29 is 4.74 Å². The maximum Gasteiger partial charge on any atom is 0.132 e. The average molecular weight is 721 g/mol. The maximum absolute atomic E-state index is 6.76. The van der Waals surface area contributed by atoms with Crippen LogP contribution in [0.15, 0.2) is 218 Å². The van der Waals surface area contributed by atoms with Crippen molar-refractivity contribution in [2.45, 2.75) is 5.41 Å². The highest BCUT2D eigenvalue weighted by Crippen LogP contribution is 2.56. The van der Waals surface area contributed by atoms with Gasteiger partial charge >= 0.3 is 0 Å². The van der Waals surface area contributed by atoms with Gasteiger partial charge in [0.2, 0.25) is 0 Å². The Kier molecular flexibility index (Phi) is 8.32. The quantitative estimate of drug-likeness (QED) is 0.159. The molecule has 55 heavy (non-hydrogen) atoms. The molecule has 0 amide bonds. The van der Waals surface area contributed by atoms with Crippen LogP contribution in [0.1, 0.15) is 22.3 Å². The molecule has 1 nitrogen and oxygen atoms in total. The van der Waals surface area contributed by atoms with Gasteiger partial charge in [-0.15, -0.1) is 11.3 Å². The molecule has 8 aromatic carbocycles. The Morgan fingerprint density at radius 1 is 0.309 bits per heavy atom. The summed E-state index contributed by atoms with van der Waals surface area (Å²) in [4.78, 5) is 2.44. The van der Waals surface area contributed by atoms with Gasteiger partial charge in [0.25, 0.3) is 0 Å². The van der Waals surface area contributed by atoms with Crippen LogP contribution in [0.2, 0.25) is 0 Å². The van der Waals surface area contributed by atoms with E-state index in [1.54, 1.807) is 0 Å². The molecule has 1 aliphatic heterocycles. The molecular weight excluding hydrogens is 685 g/mol. The number of ether oxygens (including phenoxy) is 1. The molecule has 260 valence electrons. The molecule has 1 aliphatic rings. The van der Waals surface area contributed by atoms with E-state index in [9.17, 15) is 0 Å². The minimum absolute atomic E-state index is 0.517. The summed E-state index contributed by atoms with van der Waals surface area (Å²) in [7, 11) is 0. The van der Waals surface area contributed by atoms with Gasteiger partial charge < -0.3 is 4.74 Å². The highest BCUT2D eigenvalue weighted by atomic mass is 32.1. The van der Waals surface area contributed by atoms with Gasteiger partial charge in [0.05, 0.1) is 5.41 Å². The minimum atomic E-state index is -0.517. The van der Waals surface area contributed by atoms with E-state index in [-0.39, 0.29) is 0 Å². The Balaban J connectivity index is 0.993. The lowest BCUT2D eigenvalue weighted by Crippen LogP contribution is -2.34. The van der Waals surface area contributed by atoms with Crippen LogP contribution in [0.25, 0.3) is 54.3 Å². The summed E-state index contributed by atoms with van der Waals surface area (Å²) in [5.74, 6) is 1.77. The summed E-state index contributed by atoms with van der Waals surface area (Å²) < 4.78 is 6.76. The summed E-state index contributed by atoms with van der Waals surface area (Å²) in [5, 5.41) is 0. The van der Waals surface area contributed by atoms with Crippen molar-refractivity contribution in [3.63, 3.8) is 0 Å². The van der Waals surface area contributed by atoms with E-state index in [1.165, 1.54) is 59.8 Å². The molecule has 0 bridgehead atoms. The molecule has 2 heteroatoms. The molecule has 1 aromatic heterocycles. The van der Waals surface area contributed by atoms with Crippen molar-refractivity contribution in [2.24, 2.45) is 0 Å². The van der Waals surface area contributed by atoms with Gasteiger partial charge in [-0.2, -0.15) is 0 Å². The van der Waals surface area contributed by atoms with Crippen LogP contribution in [0.3, 0.4) is 0 Å². The standard InChI is InChI=1S/C53H36OS/c1-5-15-38(16-6-1)45-31-29-41(35-46(45)39-17-7-2-8-18-39)37-25-27-40(28-26-37)51-33-34-52(55-51)42-30-32-48-50(36-42)54-49-24-14-13-23-47(49)53(48,43-19-9-3-10-20-43)44-21-11-4-12-22-44/h1-36H. The average Bonchev–Trinajstić information content (AvgIpc) is 3.77. The fourth-order valence-electron chi connectivity index (χ4n) is 8.29. The van der Waals surface area contributed by atoms with Gasteiger partial charge in [-0.3, -0.25) is 0 Å². The molecule has 0 radical (unpaired) electrons. The van der Waals surface area contributed by atoms with Crippen LogP contribution in [0.5, 0.6) is 11.5 Å². The lowest BCUT2D eigenvalue weighted by atomic mass is 9.63. The lowest BCUT2D eigenvalue weighted by molar-refractivity contribution is 0.435. The van der Waals surface area contributed by atoms with Crippen LogP contribution < -0.4 is 4.74 Å². The smallest absolute Gasteiger partial charge is 0.132 e. The zero-order valence-corrected chi connectivity index (χ0v) is 30.9. The van der Waals surface area contributed by atoms with E-state index in [2.05, 4.69) is 218 Å². The van der Waals surface area contributed by atoms with E-state index < -0.39 is 5.41 Å². The number of para-hydroxylation sites is 1. The molecule has 0 aliphatic carbocycles. The van der Waals surface area contributed by atoms with Crippen molar-refractivity contribution in [3.05, 3.63) is 241 Å². The topological polar surface area (TPSA) is 9.23 Å². The van der Waals surface area contributed by atoms with Gasteiger partial charge in [0.15, 0.2) is 0 Å². The molecule has 0 saturated carbocycles. The fourth-order valence-corrected chi connectivity index (χ4v) is 9.30. The first-order valence-corrected chi connectivity index (χ1v) is 19.6. The number of hydrogen-bond acceptors (Lipinski definition) is 2. The predicted molar refractivity (Wildman–Crippen MR) is 230 cm³/mol. The fraction of sp³-hybridized carbons (Fsp3) is 0.0189. The second-order valence-electron chi connectivity index (χ2n) is 14.0. The first-order chi connectivity index (χ1) is 27.3. The predicted octanol–water partition coefficient (Wildman–Crippen LogP) is 14.6. The van der Waals surface area contributed by atoms with Crippen molar-refractivity contribution in [1.82, 2.24) is 0 Å². The zero-order chi connectivity index (χ0) is 36.6. The van der Waals surface area contributed by atoms with Crippen LogP contribution in [-0.4, -0.2) is 0 Å². The third-order valence-electron chi connectivity index (χ3n) is 10.9. The van der Waals surface area contributed by atoms with Crippen LogP contribution in [0, 0.1) is 0 Å². The number of thiophene rings is 1. The van der Waals surface area contributed by atoms with Crippen molar-refractivity contribution in [3.8, 4) is 65.8 Å². The van der Waals surface area contributed by atoms with Crippen molar-refractivity contribution in [1.29, 1.82) is 0 Å².